The second-order valence-corrected chi connectivity index (χ2v) is 7.71. The van der Waals surface area contributed by atoms with Gasteiger partial charge in [0, 0.05) is 48.9 Å². The van der Waals surface area contributed by atoms with E-state index in [1.54, 1.807) is 30.1 Å². The maximum atomic E-state index is 13.2. The van der Waals surface area contributed by atoms with Crippen LogP contribution in [0.1, 0.15) is 19.8 Å². The Hall–Kier alpha value is -2.87. The highest BCUT2D eigenvalue weighted by molar-refractivity contribution is 5.93. The van der Waals surface area contributed by atoms with Gasteiger partial charge in [-0.1, -0.05) is 0 Å². The monoisotopic (exact) mass is 396 g/mol. The normalized spacial score (nSPS) is 16.8. The number of alkyl halides is 1. The van der Waals surface area contributed by atoms with Gasteiger partial charge in [0.15, 0.2) is 0 Å². The summed E-state index contributed by atoms with van der Waals surface area (Å²) in [5, 5.41) is 8.02. The van der Waals surface area contributed by atoms with Gasteiger partial charge < -0.3 is 10.2 Å². The molecule has 3 aromatic rings. The van der Waals surface area contributed by atoms with Gasteiger partial charge >= 0.3 is 0 Å². The van der Waals surface area contributed by atoms with Crippen LogP contribution >= 0.6 is 0 Å². The number of likely N-dealkylation sites (tertiary alicyclic amines) is 1. The lowest BCUT2D eigenvalue weighted by molar-refractivity contribution is -0.121. The zero-order valence-corrected chi connectivity index (χ0v) is 16.7. The number of halogens is 1. The first-order valence-electron chi connectivity index (χ1n) is 9.91. The van der Waals surface area contributed by atoms with Gasteiger partial charge in [-0.15, -0.1) is 0 Å². The molecule has 4 heterocycles. The van der Waals surface area contributed by atoms with Gasteiger partial charge in [-0.3, -0.25) is 9.48 Å². The van der Waals surface area contributed by atoms with E-state index >= 15 is 0 Å². The number of anilines is 1. The van der Waals surface area contributed by atoms with E-state index in [-0.39, 0.29) is 11.8 Å². The van der Waals surface area contributed by atoms with Gasteiger partial charge in [-0.2, -0.15) is 5.10 Å². The van der Waals surface area contributed by atoms with Crippen molar-refractivity contribution in [1.29, 1.82) is 0 Å². The number of nitrogens with one attached hydrogen (secondary N) is 1. The molecular formula is C21H25FN6O. The third kappa shape index (κ3) is 4.59. The van der Waals surface area contributed by atoms with E-state index in [9.17, 15) is 9.18 Å². The van der Waals surface area contributed by atoms with Gasteiger partial charge in [0.05, 0.1) is 17.4 Å². The zero-order valence-electron chi connectivity index (χ0n) is 16.7. The fourth-order valence-corrected chi connectivity index (χ4v) is 3.76. The van der Waals surface area contributed by atoms with Crippen LogP contribution in [0.2, 0.25) is 0 Å². The van der Waals surface area contributed by atoms with Crippen molar-refractivity contribution < 1.29 is 9.18 Å². The summed E-state index contributed by atoms with van der Waals surface area (Å²) >= 11 is 0. The summed E-state index contributed by atoms with van der Waals surface area (Å²) in [4.78, 5) is 23.8. The third-order valence-electron chi connectivity index (χ3n) is 5.29. The van der Waals surface area contributed by atoms with Crippen LogP contribution in [0.4, 0.5) is 10.2 Å². The van der Waals surface area contributed by atoms with E-state index in [2.05, 4.69) is 25.3 Å². The second-order valence-electron chi connectivity index (χ2n) is 7.71. The summed E-state index contributed by atoms with van der Waals surface area (Å²) in [5.74, 6) is 0.389. The summed E-state index contributed by atoms with van der Waals surface area (Å²) in [6.07, 6.45) is 6.02. The number of aromatic nitrogens is 4. The number of piperidine rings is 1. The number of hydrogen-bond donors (Lipinski definition) is 1. The fraction of sp³-hybridized carbons (Fsp3) is 0.429. The van der Waals surface area contributed by atoms with Gasteiger partial charge in [0.25, 0.3) is 0 Å². The molecule has 1 unspecified atom stereocenters. The molecule has 1 saturated heterocycles. The Kier molecular flexibility index (Phi) is 5.53. The summed E-state index contributed by atoms with van der Waals surface area (Å²) in [5.41, 5.74) is 2.53. The lowest BCUT2D eigenvalue weighted by atomic mass is 9.96. The first kappa shape index (κ1) is 19.4. The Labute approximate surface area is 168 Å². The van der Waals surface area contributed by atoms with Crippen LogP contribution in [0.25, 0.3) is 22.2 Å². The molecule has 1 aliphatic heterocycles. The summed E-state index contributed by atoms with van der Waals surface area (Å²) in [6.45, 7) is 3.49. The van der Waals surface area contributed by atoms with Crippen LogP contribution < -0.4 is 5.32 Å². The number of pyridine rings is 2. The standard InChI is InChI=1S/C21H25FN6O/c1-14(22)12-28-7-5-15(6-8-28)21(29)26-20-9-19-16(10-23-20)3-4-18(25-19)17-11-24-27(2)13-17/h3-4,9-11,13-15H,5-8,12H2,1-2H3,(H,23,26,29). The van der Waals surface area contributed by atoms with Crippen LogP contribution in [-0.4, -0.2) is 56.4 Å². The minimum Gasteiger partial charge on any atom is -0.310 e. The van der Waals surface area contributed by atoms with Crippen molar-refractivity contribution in [1.82, 2.24) is 24.6 Å². The van der Waals surface area contributed by atoms with Crippen molar-refractivity contribution in [2.45, 2.75) is 25.9 Å². The van der Waals surface area contributed by atoms with Crippen LogP contribution in [0.3, 0.4) is 0 Å². The maximum Gasteiger partial charge on any atom is 0.228 e. The Morgan fingerprint density at radius 3 is 2.79 bits per heavy atom. The lowest BCUT2D eigenvalue weighted by Crippen LogP contribution is -2.40. The largest absolute Gasteiger partial charge is 0.310 e. The molecule has 29 heavy (non-hydrogen) atoms. The average Bonchev–Trinajstić information content (AvgIpc) is 3.14. The summed E-state index contributed by atoms with van der Waals surface area (Å²) < 4.78 is 14.9. The number of rotatable bonds is 5. The predicted octanol–water partition coefficient (Wildman–Crippen LogP) is 3.04. The highest BCUT2D eigenvalue weighted by Crippen LogP contribution is 2.23. The minimum atomic E-state index is -0.841. The van der Waals surface area contributed by atoms with E-state index in [1.807, 2.05) is 25.4 Å². The lowest BCUT2D eigenvalue weighted by Gasteiger charge is -2.31. The first-order chi connectivity index (χ1) is 14.0. The van der Waals surface area contributed by atoms with Crippen LogP contribution in [0, 0.1) is 5.92 Å². The number of nitrogens with zero attached hydrogens (tertiary/aromatic N) is 5. The molecule has 0 aromatic carbocycles. The van der Waals surface area contributed by atoms with Gasteiger partial charge in [-0.25, -0.2) is 14.4 Å². The number of hydrogen-bond acceptors (Lipinski definition) is 5. The quantitative estimate of drug-likeness (QED) is 0.717. The van der Waals surface area contributed by atoms with Crippen molar-refractivity contribution >= 4 is 22.6 Å². The van der Waals surface area contributed by atoms with Crippen molar-refractivity contribution in [3.05, 3.63) is 36.8 Å². The average molecular weight is 396 g/mol. The van der Waals surface area contributed by atoms with Crippen LogP contribution in [0.5, 0.6) is 0 Å². The smallest absolute Gasteiger partial charge is 0.228 e. The number of amides is 1. The molecule has 152 valence electrons. The molecule has 7 nitrogen and oxygen atoms in total. The molecule has 1 amide bonds. The fourth-order valence-electron chi connectivity index (χ4n) is 3.76. The molecule has 3 aromatic heterocycles. The van der Waals surface area contributed by atoms with Gasteiger partial charge in [-0.05, 0) is 45.0 Å². The molecule has 1 aliphatic rings. The molecule has 1 fully saturated rings. The predicted molar refractivity (Wildman–Crippen MR) is 110 cm³/mol. The first-order valence-corrected chi connectivity index (χ1v) is 9.91. The van der Waals surface area contributed by atoms with E-state index in [0.29, 0.717) is 12.4 Å². The zero-order chi connectivity index (χ0) is 20.4. The molecule has 0 saturated carbocycles. The molecule has 0 radical (unpaired) electrons. The number of fused-ring (bicyclic) bond motifs is 1. The highest BCUT2D eigenvalue weighted by atomic mass is 19.1. The topological polar surface area (TPSA) is 75.9 Å². The van der Waals surface area contributed by atoms with Crippen molar-refractivity contribution in [2.24, 2.45) is 13.0 Å². The third-order valence-corrected chi connectivity index (χ3v) is 5.29. The molecule has 1 atom stereocenters. The van der Waals surface area contributed by atoms with E-state index in [1.165, 1.54) is 0 Å². The highest BCUT2D eigenvalue weighted by Gasteiger charge is 2.26. The van der Waals surface area contributed by atoms with E-state index < -0.39 is 6.17 Å². The Bertz CT molecular complexity index is 1010. The number of carbonyl (C=O) groups excluding carboxylic acids is 1. The van der Waals surface area contributed by atoms with Crippen molar-refractivity contribution in [3.8, 4) is 11.3 Å². The van der Waals surface area contributed by atoms with Crippen molar-refractivity contribution in [2.75, 3.05) is 25.0 Å². The van der Waals surface area contributed by atoms with Crippen LogP contribution in [0.15, 0.2) is 36.8 Å². The number of aryl methyl sites for hydroxylation is 1. The van der Waals surface area contributed by atoms with Gasteiger partial charge in [0.2, 0.25) is 5.91 Å². The van der Waals surface area contributed by atoms with Crippen LogP contribution in [-0.2, 0) is 11.8 Å². The Balaban J connectivity index is 1.44. The van der Waals surface area contributed by atoms with E-state index in [4.69, 9.17) is 0 Å². The molecule has 8 heteroatoms. The second kappa shape index (κ2) is 8.24. The van der Waals surface area contributed by atoms with Crippen molar-refractivity contribution in [3.63, 3.8) is 0 Å². The van der Waals surface area contributed by atoms with E-state index in [0.717, 1.165) is 48.1 Å². The Morgan fingerprint density at radius 2 is 2.10 bits per heavy atom. The molecule has 1 N–H and O–H groups in total. The summed E-state index contributed by atoms with van der Waals surface area (Å²) in [7, 11) is 1.87. The number of carbonyl (C=O) groups is 1. The molecule has 0 spiro atoms. The molecule has 0 aliphatic carbocycles. The summed E-state index contributed by atoms with van der Waals surface area (Å²) in [6, 6.07) is 5.70. The SMILES string of the molecule is CC(F)CN1CCC(C(=O)Nc2cc3nc(-c4cnn(C)c4)ccc3cn2)CC1. The molecule has 4 rings (SSSR count). The molecule has 0 bridgehead atoms. The maximum absolute atomic E-state index is 13.2. The minimum absolute atomic E-state index is 0.0341. The van der Waals surface area contributed by atoms with Gasteiger partial charge in [0.1, 0.15) is 12.0 Å². The molecular weight excluding hydrogens is 371 g/mol. The Morgan fingerprint density at radius 1 is 1.31 bits per heavy atom.